The average molecular weight is 579 g/mol. The van der Waals surface area contributed by atoms with Gasteiger partial charge in [-0.3, -0.25) is 14.4 Å². The minimum absolute atomic E-state index is 0.0297. The number of alkyl halides is 4. The van der Waals surface area contributed by atoms with Gasteiger partial charge in [0.05, 0.1) is 5.94 Å². The highest BCUT2D eigenvalue weighted by Crippen LogP contribution is 2.71. The number of rotatable bonds is 7. The van der Waals surface area contributed by atoms with Crippen LogP contribution in [0.4, 0.5) is 17.6 Å². The Morgan fingerprint density at radius 2 is 1.79 bits per heavy atom. The van der Waals surface area contributed by atoms with Gasteiger partial charge < -0.3 is 14.2 Å². The summed E-state index contributed by atoms with van der Waals surface area (Å²) >= 11 is 1.29. The summed E-state index contributed by atoms with van der Waals surface area (Å²) in [4.78, 5) is 49.5. The van der Waals surface area contributed by atoms with E-state index in [0.717, 1.165) is 6.92 Å². The van der Waals surface area contributed by atoms with Gasteiger partial charge >= 0.3 is 18.1 Å². The van der Waals surface area contributed by atoms with Crippen molar-refractivity contribution in [3.8, 4) is 0 Å². The molecule has 0 amide bonds. The molecular weight excluding hydrogens is 544 g/mol. The number of halogens is 4. The summed E-state index contributed by atoms with van der Waals surface area (Å²) in [5.41, 5.74) is -6.02. The predicted molar refractivity (Wildman–Crippen MR) is 132 cm³/mol. The van der Waals surface area contributed by atoms with E-state index in [1.165, 1.54) is 17.8 Å². The molecule has 0 heterocycles. The standard InChI is InChI=1S/C27H34F4O7S/c1-15(32)36-13-20(34)25(37-14-39-4)10-8-18-19-6-5-16-11-17(33)7-9-23(16,2)26(19,28)21(12-24(18,25)3)38-22(35)27(29,30)31/h11,18-19,21H,5-10,12-14H2,1-4H3/t18-,19-,21?,23-,24-,25-,26-/m0/s1. The first-order chi connectivity index (χ1) is 18.1. The maximum absolute atomic E-state index is 17.8. The molecular formula is C27H34F4O7S. The Morgan fingerprint density at radius 3 is 2.41 bits per heavy atom. The lowest BCUT2D eigenvalue weighted by Gasteiger charge is -2.64. The fourth-order valence-electron chi connectivity index (χ4n) is 8.06. The van der Waals surface area contributed by atoms with Crippen LogP contribution in [-0.4, -0.2) is 65.9 Å². The number of carbonyl (C=O) groups is 4. The molecule has 0 N–H and O–H groups in total. The number of ketones is 2. The van der Waals surface area contributed by atoms with Crippen LogP contribution in [0.2, 0.25) is 0 Å². The SMILES string of the molecule is CSCO[C@]1(C(=O)COC(C)=O)CC[C@H]2[C@@H]3CCC4=CC(=O)CC[C@]4(C)[C@@]3(F)C(OC(=O)C(F)(F)F)C[C@@]21C. The summed E-state index contributed by atoms with van der Waals surface area (Å²) in [6, 6.07) is 0. The second-order valence-corrected chi connectivity index (χ2v) is 12.4. The summed E-state index contributed by atoms with van der Waals surface area (Å²) in [6.45, 7) is 3.84. The summed E-state index contributed by atoms with van der Waals surface area (Å²) < 4.78 is 74.3. The molecule has 0 aromatic heterocycles. The van der Waals surface area contributed by atoms with Crippen LogP contribution < -0.4 is 0 Å². The van der Waals surface area contributed by atoms with E-state index in [-0.39, 0.29) is 37.4 Å². The number of Topliss-reactive ketones (excluding diaryl/α,β-unsaturated/α-hetero) is 1. The monoisotopic (exact) mass is 578 g/mol. The Kier molecular flexibility index (Phi) is 7.81. The molecule has 0 aromatic rings. The molecule has 4 aliphatic rings. The molecule has 7 nitrogen and oxygen atoms in total. The quantitative estimate of drug-likeness (QED) is 0.239. The average Bonchev–Trinajstić information content (AvgIpc) is 3.14. The molecule has 12 heteroatoms. The molecule has 4 aliphatic carbocycles. The van der Waals surface area contributed by atoms with Gasteiger partial charge in [0, 0.05) is 30.1 Å². The number of allylic oxidation sites excluding steroid dienone is 1. The van der Waals surface area contributed by atoms with Crippen molar-refractivity contribution in [3.63, 3.8) is 0 Å². The molecule has 7 atom stereocenters. The smallest absolute Gasteiger partial charge is 0.458 e. The highest BCUT2D eigenvalue weighted by molar-refractivity contribution is 7.98. The van der Waals surface area contributed by atoms with Crippen molar-refractivity contribution in [3.05, 3.63) is 11.6 Å². The fraction of sp³-hybridized carbons (Fsp3) is 0.778. The Labute approximate surface area is 228 Å². The van der Waals surface area contributed by atoms with E-state index in [1.807, 2.05) is 0 Å². The van der Waals surface area contributed by atoms with Gasteiger partial charge in [-0.25, -0.2) is 9.18 Å². The third kappa shape index (κ3) is 4.53. The molecule has 218 valence electrons. The number of ether oxygens (including phenoxy) is 3. The Bertz CT molecular complexity index is 1090. The van der Waals surface area contributed by atoms with Gasteiger partial charge in [-0.1, -0.05) is 19.4 Å². The van der Waals surface area contributed by atoms with Crippen molar-refractivity contribution in [1.82, 2.24) is 0 Å². The second-order valence-electron chi connectivity index (χ2n) is 11.6. The van der Waals surface area contributed by atoms with Gasteiger partial charge in [0.1, 0.15) is 11.7 Å². The zero-order chi connectivity index (χ0) is 29.0. The van der Waals surface area contributed by atoms with Gasteiger partial charge in [-0.05, 0) is 56.8 Å². The van der Waals surface area contributed by atoms with E-state index >= 15 is 4.39 Å². The number of thioether (sulfide) groups is 1. The van der Waals surface area contributed by atoms with E-state index in [9.17, 15) is 32.3 Å². The van der Waals surface area contributed by atoms with Crippen molar-refractivity contribution >= 4 is 35.3 Å². The van der Waals surface area contributed by atoms with E-state index in [2.05, 4.69) is 0 Å². The molecule has 0 radical (unpaired) electrons. The van der Waals surface area contributed by atoms with Crippen molar-refractivity contribution in [2.24, 2.45) is 22.7 Å². The number of hydrogen-bond acceptors (Lipinski definition) is 8. The highest BCUT2D eigenvalue weighted by atomic mass is 32.2. The normalized spacial score (nSPS) is 39.6. The Hall–Kier alpha value is -1.95. The first kappa shape index (κ1) is 30.0. The largest absolute Gasteiger partial charge is 0.490 e. The van der Waals surface area contributed by atoms with E-state index in [1.54, 1.807) is 20.1 Å². The van der Waals surface area contributed by atoms with Crippen LogP contribution in [0.15, 0.2) is 11.6 Å². The number of esters is 2. The topological polar surface area (TPSA) is 96.0 Å². The van der Waals surface area contributed by atoms with Gasteiger partial charge in [-0.15, -0.1) is 11.8 Å². The van der Waals surface area contributed by atoms with Gasteiger partial charge in [0.25, 0.3) is 0 Å². The second kappa shape index (κ2) is 10.2. The Morgan fingerprint density at radius 1 is 1.10 bits per heavy atom. The summed E-state index contributed by atoms with van der Waals surface area (Å²) in [5, 5.41) is 0. The third-order valence-corrected chi connectivity index (χ3v) is 10.3. The van der Waals surface area contributed by atoms with Crippen LogP contribution in [-0.2, 0) is 33.4 Å². The van der Waals surface area contributed by atoms with E-state index in [0.29, 0.717) is 18.4 Å². The zero-order valence-corrected chi connectivity index (χ0v) is 23.3. The minimum Gasteiger partial charge on any atom is -0.458 e. The molecule has 4 rings (SSSR count). The predicted octanol–water partition coefficient (Wildman–Crippen LogP) is 4.90. The van der Waals surface area contributed by atoms with Crippen LogP contribution >= 0.6 is 11.8 Å². The first-order valence-corrected chi connectivity index (χ1v) is 14.5. The molecule has 1 unspecified atom stereocenters. The molecule has 0 saturated heterocycles. The van der Waals surface area contributed by atoms with Crippen LogP contribution in [0.5, 0.6) is 0 Å². The molecule has 3 fully saturated rings. The van der Waals surface area contributed by atoms with Crippen molar-refractivity contribution in [2.45, 2.75) is 89.3 Å². The maximum Gasteiger partial charge on any atom is 0.490 e. The van der Waals surface area contributed by atoms with Gasteiger partial charge in [0.2, 0.25) is 5.78 Å². The number of fused-ring (bicyclic) bond motifs is 5. The van der Waals surface area contributed by atoms with Crippen LogP contribution in [0, 0.1) is 22.7 Å². The van der Waals surface area contributed by atoms with Crippen molar-refractivity contribution in [2.75, 3.05) is 18.8 Å². The molecule has 0 spiro atoms. The maximum atomic E-state index is 17.8. The lowest BCUT2D eigenvalue weighted by molar-refractivity contribution is -0.256. The lowest BCUT2D eigenvalue weighted by atomic mass is 9.43. The van der Waals surface area contributed by atoms with E-state index in [4.69, 9.17) is 14.2 Å². The molecule has 39 heavy (non-hydrogen) atoms. The van der Waals surface area contributed by atoms with E-state index < -0.39 is 77.0 Å². The van der Waals surface area contributed by atoms with Gasteiger partial charge in [0.15, 0.2) is 18.1 Å². The minimum atomic E-state index is -5.35. The van der Waals surface area contributed by atoms with Crippen molar-refractivity contribution in [1.29, 1.82) is 0 Å². The zero-order valence-electron chi connectivity index (χ0n) is 22.5. The van der Waals surface area contributed by atoms with Crippen LogP contribution in [0.1, 0.15) is 65.7 Å². The Balaban J connectivity index is 1.85. The fourth-order valence-corrected chi connectivity index (χ4v) is 8.38. The molecule has 3 saturated carbocycles. The van der Waals surface area contributed by atoms with Crippen LogP contribution in [0.25, 0.3) is 0 Å². The number of carbonyl (C=O) groups excluding carboxylic acids is 4. The van der Waals surface area contributed by atoms with Crippen molar-refractivity contribution < 1.29 is 51.0 Å². The van der Waals surface area contributed by atoms with Crippen LogP contribution in [0.3, 0.4) is 0 Å². The lowest BCUT2D eigenvalue weighted by Crippen LogP contribution is -2.70. The molecule has 0 bridgehead atoms. The first-order valence-electron chi connectivity index (χ1n) is 13.1. The number of hydrogen-bond donors (Lipinski definition) is 0. The summed E-state index contributed by atoms with van der Waals surface area (Å²) in [5.74, 6) is -5.21. The molecule has 0 aliphatic heterocycles. The highest BCUT2D eigenvalue weighted by Gasteiger charge is 2.76. The summed E-state index contributed by atoms with van der Waals surface area (Å²) in [6.07, 6.45) is -3.28. The summed E-state index contributed by atoms with van der Waals surface area (Å²) in [7, 11) is 0. The van der Waals surface area contributed by atoms with Gasteiger partial charge in [-0.2, -0.15) is 13.2 Å². The molecule has 0 aromatic carbocycles. The third-order valence-electron chi connectivity index (χ3n) is 9.90.